The van der Waals surface area contributed by atoms with Crippen molar-refractivity contribution in [3.05, 3.63) is 71.8 Å². The lowest BCUT2D eigenvalue weighted by Crippen LogP contribution is -2.54. The van der Waals surface area contributed by atoms with E-state index in [-0.39, 0.29) is 12.8 Å². The SMILES string of the molecule is CC(C)(C)OC(=O)N[C@H](Cc1ccccc1)C(=O)N[C@@H](Cc1ccccc1)C(=O)OC(C)(C)C. The van der Waals surface area contributed by atoms with Gasteiger partial charge < -0.3 is 20.1 Å². The predicted molar refractivity (Wildman–Crippen MR) is 131 cm³/mol. The smallest absolute Gasteiger partial charge is 0.408 e. The van der Waals surface area contributed by atoms with E-state index in [4.69, 9.17) is 9.47 Å². The standard InChI is InChI=1S/C27H36N2O5/c1-26(2,3)33-24(31)22(18-20-15-11-8-12-16-20)28-23(30)21(17-19-13-9-7-10-14-19)29-25(32)34-27(4,5)6/h7-16,21-22H,17-18H2,1-6H3,(H,28,30)(H,29,32)/t21-,22+/m1/s1. The van der Waals surface area contributed by atoms with E-state index in [1.54, 1.807) is 41.5 Å². The lowest BCUT2D eigenvalue weighted by atomic mass is 10.0. The van der Waals surface area contributed by atoms with E-state index in [2.05, 4.69) is 10.6 Å². The number of esters is 1. The molecule has 2 amide bonds. The molecular formula is C27H36N2O5. The fraction of sp³-hybridized carbons (Fsp3) is 0.444. The fourth-order valence-corrected chi connectivity index (χ4v) is 3.20. The molecule has 0 saturated heterocycles. The topological polar surface area (TPSA) is 93.7 Å². The molecule has 0 aliphatic rings. The van der Waals surface area contributed by atoms with Crippen molar-refractivity contribution in [2.45, 2.75) is 77.7 Å². The van der Waals surface area contributed by atoms with Crippen LogP contribution < -0.4 is 10.6 Å². The van der Waals surface area contributed by atoms with E-state index >= 15 is 0 Å². The van der Waals surface area contributed by atoms with E-state index in [1.807, 2.05) is 60.7 Å². The zero-order valence-corrected chi connectivity index (χ0v) is 20.9. The molecule has 7 nitrogen and oxygen atoms in total. The van der Waals surface area contributed by atoms with Gasteiger partial charge in [-0.25, -0.2) is 9.59 Å². The first-order valence-electron chi connectivity index (χ1n) is 11.4. The summed E-state index contributed by atoms with van der Waals surface area (Å²) in [5.74, 6) is -1.04. The molecule has 0 saturated carbocycles. The van der Waals surface area contributed by atoms with Gasteiger partial charge in [-0.15, -0.1) is 0 Å². The van der Waals surface area contributed by atoms with Gasteiger partial charge in [0, 0.05) is 12.8 Å². The van der Waals surface area contributed by atoms with Gasteiger partial charge in [0.2, 0.25) is 5.91 Å². The lowest BCUT2D eigenvalue weighted by Gasteiger charge is -2.27. The van der Waals surface area contributed by atoms with Crippen LogP contribution in [0.4, 0.5) is 4.79 Å². The Morgan fingerprint density at radius 3 is 1.56 bits per heavy atom. The van der Waals surface area contributed by atoms with Crippen molar-refractivity contribution >= 4 is 18.0 Å². The summed E-state index contributed by atoms with van der Waals surface area (Å²) in [7, 11) is 0. The molecule has 2 aromatic carbocycles. The van der Waals surface area contributed by atoms with E-state index in [9.17, 15) is 14.4 Å². The quantitative estimate of drug-likeness (QED) is 0.567. The number of benzene rings is 2. The summed E-state index contributed by atoms with van der Waals surface area (Å²) in [6.07, 6.45) is -0.218. The van der Waals surface area contributed by atoms with Gasteiger partial charge in [0.25, 0.3) is 0 Å². The van der Waals surface area contributed by atoms with Crippen LogP contribution in [-0.4, -0.2) is 41.3 Å². The summed E-state index contributed by atoms with van der Waals surface area (Å²) in [6.45, 7) is 10.6. The number of rotatable bonds is 8. The summed E-state index contributed by atoms with van der Waals surface area (Å²) in [4.78, 5) is 38.7. The lowest BCUT2D eigenvalue weighted by molar-refractivity contribution is -0.158. The molecule has 7 heteroatoms. The van der Waals surface area contributed by atoms with Crippen molar-refractivity contribution in [1.29, 1.82) is 0 Å². The highest BCUT2D eigenvalue weighted by molar-refractivity contribution is 5.90. The van der Waals surface area contributed by atoms with E-state index in [1.165, 1.54) is 0 Å². The third kappa shape index (κ3) is 10.1. The van der Waals surface area contributed by atoms with Crippen LogP contribution in [0.15, 0.2) is 60.7 Å². The highest BCUT2D eigenvalue weighted by Gasteiger charge is 2.31. The Morgan fingerprint density at radius 2 is 1.12 bits per heavy atom. The summed E-state index contributed by atoms with van der Waals surface area (Å²) < 4.78 is 10.9. The maximum absolute atomic E-state index is 13.3. The second-order valence-corrected chi connectivity index (χ2v) is 10.2. The van der Waals surface area contributed by atoms with Crippen molar-refractivity contribution in [2.24, 2.45) is 0 Å². The van der Waals surface area contributed by atoms with Gasteiger partial charge in [-0.1, -0.05) is 60.7 Å². The number of amides is 2. The normalized spacial score (nSPS) is 13.4. The molecule has 2 aromatic rings. The Hall–Kier alpha value is -3.35. The van der Waals surface area contributed by atoms with Crippen molar-refractivity contribution in [2.75, 3.05) is 0 Å². The first kappa shape index (κ1) is 26.9. The number of carbonyl (C=O) groups is 3. The summed E-state index contributed by atoms with van der Waals surface area (Å²) in [6, 6.07) is 16.8. The van der Waals surface area contributed by atoms with Crippen molar-refractivity contribution in [3.63, 3.8) is 0 Å². The number of alkyl carbamates (subject to hydrolysis) is 1. The van der Waals surface area contributed by atoms with Crippen LogP contribution >= 0.6 is 0 Å². The Labute approximate surface area is 202 Å². The van der Waals surface area contributed by atoms with Crippen molar-refractivity contribution in [1.82, 2.24) is 10.6 Å². The Balaban J connectivity index is 2.24. The van der Waals surface area contributed by atoms with Crippen LogP contribution in [0.5, 0.6) is 0 Å². The van der Waals surface area contributed by atoms with E-state index in [0.29, 0.717) is 0 Å². The third-order valence-corrected chi connectivity index (χ3v) is 4.58. The Morgan fingerprint density at radius 1 is 0.676 bits per heavy atom. The van der Waals surface area contributed by atoms with Crippen LogP contribution in [0.1, 0.15) is 52.7 Å². The maximum Gasteiger partial charge on any atom is 0.408 e. The summed E-state index contributed by atoms with van der Waals surface area (Å²) in [5.41, 5.74) is 0.299. The number of hydrogen-bond donors (Lipinski definition) is 2. The van der Waals surface area contributed by atoms with Crippen LogP contribution in [0.3, 0.4) is 0 Å². The monoisotopic (exact) mass is 468 g/mol. The molecule has 2 atom stereocenters. The molecule has 0 heterocycles. The van der Waals surface area contributed by atoms with Crippen LogP contribution in [0, 0.1) is 0 Å². The van der Waals surface area contributed by atoms with Gasteiger partial charge in [-0.3, -0.25) is 4.79 Å². The molecule has 184 valence electrons. The van der Waals surface area contributed by atoms with Gasteiger partial charge in [0.1, 0.15) is 23.3 Å². The van der Waals surface area contributed by atoms with Gasteiger partial charge in [0.05, 0.1) is 0 Å². The Kier molecular flexibility index (Phi) is 9.24. The van der Waals surface area contributed by atoms with Gasteiger partial charge >= 0.3 is 12.1 Å². The molecule has 0 bridgehead atoms. The molecule has 0 radical (unpaired) electrons. The minimum absolute atomic E-state index is 0.234. The minimum atomic E-state index is -0.946. The van der Waals surface area contributed by atoms with Gasteiger partial charge in [-0.2, -0.15) is 0 Å². The summed E-state index contributed by atoms with van der Waals surface area (Å²) in [5, 5.41) is 5.45. The molecule has 2 rings (SSSR count). The van der Waals surface area contributed by atoms with Crippen molar-refractivity contribution in [3.8, 4) is 0 Å². The second kappa shape index (κ2) is 11.7. The van der Waals surface area contributed by atoms with Crippen molar-refractivity contribution < 1.29 is 23.9 Å². The Bertz CT molecular complexity index is 946. The average Bonchev–Trinajstić information content (AvgIpc) is 2.71. The zero-order valence-electron chi connectivity index (χ0n) is 20.9. The number of carbonyl (C=O) groups excluding carboxylic acids is 3. The van der Waals surface area contributed by atoms with E-state index in [0.717, 1.165) is 11.1 Å². The summed E-state index contributed by atoms with van der Waals surface area (Å²) >= 11 is 0. The van der Waals surface area contributed by atoms with Crippen LogP contribution in [0.2, 0.25) is 0 Å². The molecule has 0 fully saturated rings. The highest BCUT2D eigenvalue weighted by Crippen LogP contribution is 2.13. The highest BCUT2D eigenvalue weighted by atomic mass is 16.6. The number of nitrogens with one attached hydrogen (secondary N) is 2. The largest absolute Gasteiger partial charge is 0.458 e. The molecule has 2 N–H and O–H groups in total. The van der Waals surface area contributed by atoms with Gasteiger partial charge in [-0.05, 0) is 52.7 Å². The fourth-order valence-electron chi connectivity index (χ4n) is 3.20. The minimum Gasteiger partial charge on any atom is -0.458 e. The number of ether oxygens (including phenoxy) is 2. The molecule has 0 unspecified atom stereocenters. The molecule has 0 spiro atoms. The third-order valence-electron chi connectivity index (χ3n) is 4.58. The van der Waals surface area contributed by atoms with Crippen LogP contribution in [0.25, 0.3) is 0 Å². The molecular weight excluding hydrogens is 432 g/mol. The maximum atomic E-state index is 13.3. The molecule has 34 heavy (non-hydrogen) atoms. The number of hydrogen-bond acceptors (Lipinski definition) is 5. The molecule has 0 aromatic heterocycles. The second-order valence-electron chi connectivity index (χ2n) is 10.2. The zero-order chi connectivity index (χ0) is 25.4. The van der Waals surface area contributed by atoms with E-state index < -0.39 is 41.3 Å². The molecule has 0 aliphatic heterocycles. The average molecular weight is 469 g/mol. The predicted octanol–water partition coefficient (Wildman–Crippen LogP) is 4.19. The first-order valence-corrected chi connectivity index (χ1v) is 11.4. The molecule has 0 aliphatic carbocycles. The first-order chi connectivity index (χ1) is 15.8. The van der Waals surface area contributed by atoms with Crippen LogP contribution in [-0.2, 0) is 31.9 Å². The van der Waals surface area contributed by atoms with Gasteiger partial charge in [0.15, 0.2) is 0 Å².